The molecule has 0 fully saturated rings. The first-order valence-electron chi connectivity index (χ1n) is 5.81. The van der Waals surface area contributed by atoms with Gasteiger partial charge in [0.05, 0.1) is 5.56 Å². The first-order valence-corrected chi connectivity index (χ1v) is 6.19. The van der Waals surface area contributed by atoms with E-state index in [-0.39, 0.29) is 5.56 Å². The molecule has 0 aliphatic heterocycles. The molecular formula is C15H13ClFNO. The monoisotopic (exact) mass is 277 g/mol. The summed E-state index contributed by atoms with van der Waals surface area (Å²) in [4.78, 5) is 12.1. The Morgan fingerprint density at radius 3 is 2.63 bits per heavy atom. The number of rotatable bonds is 2. The Hall–Kier alpha value is -1.87. The number of carbonyl (C=O) groups excluding carboxylic acids is 1. The fourth-order valence-corrected chi connectivity index (χ4v) is 1.91. The average molecular weight is 278 g/mol. The largest absolute Gasteiger partial charge is 0.322 e. The van der Waals surface area contributed by atoms with Gasteiger partial charge in [-0.1, -0.05) is 29.8 Å². The summed E-state index contributed by atoms with van der Waals surface area (Å²) in [6, 6.07) is 9.90. The van der Waals surface area contributed by atoms with Crippen LogP contribution in [0.15, 0.2) is 36.4 Å². The van der Waals surface area contributed by atoms with E-state index in [4.69, 9.17) is 11.6 Å². The molecule has 4 heteroatoms. The Morgan fingerprint density at radius 2 is 1.89 bits per heavy atom. The van der Waals surface area contributed by atoms with Crippen molar-refractivity contribution >= 4 is 23.2 Å². The minimum Gasteiger partial charge on any atom is -0.322 e. The number of hydrogen-bond acceptors (Lipinski definition) is 1. The molecule has 0 spiro atoms. The van der Waals surface area contributed by atoms with E-state index < -0.39 is 11.7 Å². The highest BCUT2D eigenvalue weighted by atomic mass is 35.5. The van der Waals surface area contributed by atoms with Gasteiger partial charge < -0.3 is 5.32 Å². The van der Waals surface area contributed by atoms with Crippen molar-refractivity contribution in [2.24, 2.45) is 0 Å². The third-order valence-corrected chi connectivity index (χ3v) is 3.12. The molecule has 0 aliphatic rings. The van der Waals surface area contributed by atoms with Gasteiger partial charge in [-0.05, 0) is 43.2 Å². The third kappa shape index (κ3) is 2.93. The summed E-state index contributed by atoms with van der Waals surface area (Å²) < 4.78 is 13.8. The van der Waals surface area contributed by atoms with Crippen LogP contribution in [0.1, 0.15) is 21.5 Å². The van der Waals surface area contributed by atoms with Crippen LogP contribution in [-0.2, 0) is 0 Å². The van der Waals surface area contributed by atoms with Crippen molar-refractivity contribution in [1.29, 1.82) is 0 Å². The number of aryl methyl sites for hydroxylation is 2. The highest BCUT2D eigenvalue weighted by Crippen LogP contribution is 2.21. The van der Waals surface area contributed by atoms with Crippen molar-refractivity contribution in [1.82, 2.24) is 0 Å². The summed E-state index contributed by atoms with van der Waals surface area (Å²) in [6.45, 7) is 3.47. The predicted octanol–water partition coefficient (Wildman–Crippen LogP) is 4.35. The van der Waals surface area contributed by atoms with Crippen molar-refractivity contribution in [3.63, 3.8) is 0 Å². The van der Waals surface area contributed by atoms with Crippen LogP contribution in [0.5, 0.6) is 0 Å². The molecule has 2 aromatic rings. The summed E-state index contributed by atoms with van der Waals surface area (Å²) in [5.74, 6) is -0.980. The number of hydrogen-bond donors (Lipinski definition) is 1. The van der Waals surface area contributed by atoms with Crippen LogP contribution in [-0.4, -0.2) is 5.91 Å². The molecule has 19 heavy (non-hydrogen) atoms. The Labute approximate surface area is 116 Å². The molecule has 0 saturated carbocycles. The van der Waals surface area contributed by atoms with E-state index in [2.05, 4.69) is 5.32 Å². The second kappa shape index (κ2) is 5.41. The van der Waals surface area contributed by atoms with Gasteiger partial charge in [-0.25, -0.2) is 4.39 Å². The molecule has 0 bridgehead atoms. The minimum absolute atomic E-state index is 0.0272. The molecule has 98 valence electrons. The lowest BCUT2D eigenvalue weighted by Gasteiger charge is -2.10. The summed E-state index contributed by atoms with van der Waals surface area (Å²) in [5.41, 5.74) is 1.92. The van der Waals surface area contributed by atoms with Gasteiger partial charge in [0.15, 0.2) is 0 Å². The van der Waals surface area contributed by atoms with Crippen molar-refractivity contribution in [3.05, 3.63) is 63.9 Å². The Kier molecular flexibility index (Phi) is 3.86. The van der Waals surface area contributed by atoms with Crippen molar-refractivity contribution in [2.45, 2.75) is 13.8 Å². The molecule has 0 heterocycles. The Bertz CT molecular complexity index is 640. The van der Waals surface area contributed by atoms with Crippen LogP contribution in [0.4, 0.5) is 10.1 Å². The van der Waals surface area contributed by atoms with Gasteiger partial charge in [-0.15, -0.1) is 0 Å². The van der Waals surface area contributed by atoms with Crippen molar-refractivity contribution in [3.8, 4) is 0 Å². The molecule has 0 aromatic heterocycles. The molecule has 0 unspecified atom stereocenters. The van der Waals surface area contributed by atoms with Crippen LogP contribution in [0.3, 0.4) is 0 Å². The molecule has 1 amide bonds. The third-order valence-electron chi connectivity index (χ3n) is 2.88. The number of benzene rings is 2. The van der Waals surface area contributed by atoms with E-state index in [1.165, 1.54) is 6.07 Å². The summed E-state index contributed by atoms with van der Waals surface area (Å²) >= 11 is 5.88. The number of nitrogens with one attached hydrogen (secondary N) is 1. The number of carbonyl (C=O) groups is 1. The predicted molar refractivity (Wildman–Crippen MR) is 75.3 cm³/mol. The fraction of sp³-hybridized carbons (Fsp3) is 0.133. The maximum atomic E-state index is 13.8. The summed E-state index contributed by atoms with van der Waals surface area (Å²) in [6.07, 6.45) is 0. The smallest absolute Gasteiger partial charge is 0.258 e. The van der Waals surface area contributed by atoms with Gasteiger partial charge in [-0.2, -0.15) is 0 Å². The van der Waals surface area contributed by atoms with Gasteiger partial charge in [0.25, 0.3) is 5.91 Å². The highest BCUT2D eigenvalue weighted by Gasteiger charge is 2.14. The zero-order valence-electron chi connectivity index (χ0n) is 10.6. The molecule has 2 aromatic carbocycles. The van der Waals surface area contributed by atoms with Crippen LogP contribution >= 0.6 is 11.6 Å². The standard InChI is InChI=1S/C15H13ClFNO/c1-9-6-7-11(16)8-13(9)18-15(19)12-5-3-4-10(2)14(12)17/h3-8H,1-2H3,(H,18,19). The number of amides is 1. The maximum absolute atomic E-state index is 13.8. The molecule has 0 saturated heterocycles. The lowest BCUT2D eigenvalue weighted by Crippen LogP contribution is -2.15. The fourth-order valence-electron chi connectivity index (χ4n) is 1.74. The molecule has 0 radical (unpaired) electrons. The summed E-state index contributed by atoms with van der Waals surface area (Å²) in [5, 5.41) is 3.19. The zero-order chi connectivity index (χ0) is 14.0. The molecule has 0 atom stereocenters. The molecule has 2 nitrogen and oxygen atoms in total. The van der Waals surface area contributed by atoms with Gasteiger partial charge >= 0.3 is 0 Å². The van der Waals surface area contributed by atoms with Gasteiger partial charge in [0.2, 0.25) is 0 Å². The topological polar surface area (TPSA) is 29.1 Å². The normalized spacial score (nSPS) is 10.3. The van der Waals surface area contributed by atoms with Gasteiger partial charge in [0, 0.05) is 10.7 Å². The van der Waals surface area contributed by atoms with E-state index in [9.17, 15) is 9.18 Å². The van der Waals surface area contributed by atoms with Crippen molar-refractivity contribution < 1.29 is 9.18 Å². The van der Waals surface area contributed by atoms with Crippen molar-refractivity contribution in [2.75, 3.05) is 5.32 Å². The Morgan fingerprint density at radius 1 is 1.16 bits per heavy atom. The lowest BCUT2D eigenvalue weighted by atomic mass is 10.1. The van der Waals surface area contributed by atoms with E-state index in [0.717, 1.165) is 5.56 Å². The number of halogens is 2. The molecule has 1 N–H and O–H groups in total. The van der Waals surface area contributed by atoms with Crippen LogP contribution in [0.2, 0.25) is 5.02 Å². The van der Waals surface area contributed by atoms with E-state index >= 15 is 0 Å². The lowest BCUT2D eigenvalue weighted by molar-refractivity contribution is 0.102. The first kappa shape index (κ1) is 13.6. The minimum atomic E-state index is -0.500. The second-order valence-corrected chi connectivity index (χ2v) is 4.79. The molecule has 0 aliphatic carbocycles. The van der Waals surface area contributed by atoms with Gasteiger partial charge in [-0.3, -0.25) is 4.79 Å². The first-order chi connectivity index (χ1) is 8.99. The SMILES string of the molecule is Cc1ccc(Cl)cc1NC(=O)c1cccc(C)c1F. The quantitative estimate of drug-likeness (QED) is 0.869. The number of anilines is 1. The highest BCUT2D eigenvalue weighted by molar-refractivity contribution is 6.31. The van der Waals surface area contributed by atoms with Crippen LogP contribution < -0.4 is 5.32 Å². The molecular weight excluding hydrogens is 265 g/mol. The maximum Gasteiger partial charge on any atom is 0.258 e. The van der Waals surface area contributed by atoms with E-state index in [0.29, 0.717) is 16.3 Å². The average Bonchev–Trinajstić information content (AvgIpc) is 2.37. The zero-order valence-corrected chi connectivity index (χ0v) is 11.4. The molecule has 2 rings (SSSR count). The second-order valence-electron chi connectivity index (χ2n) is 4.35. The summed E-state index contributed by atoms with van der Waals surface area (Å²) in [7, 11) is 0. The Balaban J connectivity index is 2.31. The van der Waals surface area contributed by atoms with Crippen LogP contribution in [0.25, 0.3) is 0 Å². The van der Waals surface area contributed by atoms with Crippen LogP contribution in [0, 0.1) is 19.7 Å². The van der Waals surface area contributed by atoms with E-state index in [1.54, 1.807) is 37.3 Å². The van der Waals surface area contributed by atoms with E-state index in [1.807, 2.05) is 6.92 Å². The van der Waals surface area contributed by atoms with Gasteiger partial charge in [0.1, 0.15) is 5.82 Å².